The molecule has 7 heteroatoms. The van der Waals surface area contributed by atoms with Crippen LogP contribution >= 0.6 is 24.0 Å². The molecule has 1 aliphatic heterocycles. The lowest BCUT2D eigenvalue weighted by molar-refractivity contribution is -0.146. The van der Waals surface area contributed by atoms with Gasteiger partial charge >= 0.3 is 5.97 Å². The Labute approximate surface area is 167 Å². The molecule has 1 aromatic heterocycles. The third-order valence-electron chi connectivity index (χ3n) is 4.17. The Hall–Kier alpha value is -1.25. The highest BCUT2D eigenvalue weighted by Gasteiger charge is 2.27. The SMILES string of the molecule is COC(=O)C1CCN(C(=NCC(C)C)NCCc2ccco2)CC1.I. The van der Waals surface area contributed by atoms with Crippen molar-refractivity contribution in [2.45, 2.75) is 33.1 Å². The summed E-state index contributed by atoms with van der Waals surface area (Å²) in [5, 5.41) is 3.44. The van der Waals surface area contributed by atoms with Gasteiger partial charge in [-0.05, 0) is 30.9 Å². The molecule has 1 fully saturated rings. The van der Waals surface area contributed by atoms with Crippen LogP contribution in [0.15, 0.2) is 27.8 Å². The molecule has 1 N–H and O–H groups in total. The lowest BCUT2D eigenvalue weighted by Gasteiger charge is -2.33. The molecule has 1 saturated heterocycles. The minimum Gasteiger partial charge on any atom is -0.469 e. The highest BCUT2D eigenvalue weighted by Crippen LogP contribution is 2.18. The number of aliphatic imine (C=N–C) groups is 1. The molecule has 6 nitrogen and oxygen atoms in total. The van der Waals surface area contributed by atoms with Gasteiger partial charge in [-0.2, -0.15) is 0 Å². The topological polar surface area (TPSA) is 67.1 Å². The molecule has 25 heavy (non-hydrogen) atoms. The van der Waals surface area contributed by atoms with E-state index in [-0.39, 0.29) is 35.9 Å². The molecule has 0 aromatic carbocycles. The van der Waals surface area contributed by atoms with Crippen LogP contribution in [0.1, 0.15) is 32.4 Å². The fraction of sp³-hybridized carbons (Fsp3) is 0.667. The molecule has 142 valence electrons. The maximum absolute atomic E-state index is 11.7. The van der Waals surface area contributed by atoms with Gasteiger partial charge in [0.2, 0.25) is 0 Å². The van der Waals surface area contributed by atoms with Crippen LogP contribution in [0.2, 0.25) is 0 Å². The van der Waals surface area contributed by atoms with E-state index >= 15 is 0 Å². The standard InChI is InChI=1S/C18H29N3O3.HI/c1-14(2)13-20-18(19-9-6-16-5-4-12-24-16)21-10-7-15(8-11-21)17(22)23-3;/h4-5,12,14-15H,6-11,13H2,1-3H3,(H,19,20);1H. The molecule has 0 spiro atoms. The molecule has 0 atom stereocenters. The Morgan fingerprint density at radius 3 is 2.72 bits per heavy atom. The second-order valence-electron chi connectivity index (χ2n) is 6.60. The van der Waals surface area contributed by atoms with E-state index in [1.54, 1.807) is 6.26 Å². The van der Waals surface area contributed by atoms with Crippen molar-refractivity contribution in [1.82, 2.24) is 10.2 Å². The first-order valence-electron chi connectivity index (χ1n) is 8.73. The summed E-state index contributed by atoms with van der Waals surface area (Å²) in [7, 11) is 1.46. The molecule has 2 heterocycles. The maximum Gasteiger partial charge on any atom is 0.308 e. The Morgan fingerprint density at radius 1 is 1.44 bits per heavy atom. The van der Waals surface area contributed by atoms with E-state index in [9.17, 15) is 4.79 Å². The monoisotopic (exact) mass is 463 g/mol. The number of ether oxygens (including phenoxy) is 1. The van der Waals surface area contributed by atoms with Gasteiger partial charge in [-0.3, -0.25) is 9.79 Å². The minimum absolute atomic E-state index is 0. The number of hydrogen-bond acceptors (Lipinski definition) is 4. The van der Waals surface area contributed by atoms with Gasteiger partial charge in [0.25, 0.3) is 0 Å². The summed E-state index contributed by atoms with van der Waals surface area (Å²) in [6.45, 7) is 7.54. The minimum atomic E-state index is -0.0962. The summed E-state index contributed by atoms with van der Waals surface area (Å²) in [4.78, 5) is 18.6. The lowest BCUT2D eigenvalue weighted by Crippen LogP contribution is -2.47. The molecule has 0 radical (unpaired) electrons. The Bertz CT molecular complexity index is 524. The van der Waals surface area contributed by atoms with Crippen LogP contribution in [-0.4, -0.2) is 50.1 Å². The van der Waals surface area contributed by atoms with Gasteiger partial charge in [-0.25, -0.2) is 0 Å². The molecule has 2 rings (SSSR count). The number of carbonyl (C=O) groups is 1. The molecular formula is C18H30IN3O3. The average molecular weight is 463 g/mol. The summed E-state index contributed by atoms with van der Waals surface area (Å²) in [5.41, 5.74) is 0. The number of guanidine groups is 1. The number of nitrogens with zero attached hydrogens (tertiary/aromatic N) is 2. The van der Waals surface area contributed by atoms with Crippen LogP contribution in [0.3, 0.4) is 0 Å². The molecular weight excluding hydrogens is 433 g/mol. The van der Waals surface area contributed by atoms with Crippen molar-refractivity contribution >= 4 is 35.9 Å². The predicted octanol–water partition coefficient (Wildman–Crippen LogP) is 2.93. The third kappa shape index (κ3) is 7.25. The summed E-state index contributed by atoms with van der Waals surface area (Å²) in [6.07, 6.45) is 4.15. The van der Waals surface area contributed by atoms with Crippen LogP contribution in [0, 0.1) is 11.8 Å². The predicted molar refractivity (Wildman–Crippen MR) is 109 cm³/mol. The third-order valence-corrected chi connectivity index (χ3v) is 4.17. The largest absolute Gasteiger partial charge is 0.469 e. The Morgan fingerprint density at radius 2 is 2.16 bits per heavy atom. The van der Waals surface area contributed by atoms with E-state index in [0.29, 0.717) is 5.92 Å². The van der Waals surface area contributed by atoms with E-state index in [2.05, 4.69) is 24.1 Å². The van der Waals surface area contributed by atoms with Crippen molar-refractivity contribution in [2.24, 2.45) is 16.8 Å². The van der Waals surface area contributed by atoms with Crippen molar-refractivity contribution in [2.75, 3.05) is 33.3 Å². The number of likely N-dealkylation sites (tertiary alicyclic amines) is 1. The van der Waals surface area contributed by atoms with Crippen molar-refractivity contribution in [3.05, 3.63) is 24.2 Å². The fourth-order valence-corrected chi connectivity index (χ4v) is 2.78. The zero-order valence-corrected chi connectivity index (χ0v) is 17.7. The molecule has 0 amide bonds. The van der Waals surface area contributed by atoms with Gasteiger partial charge in [-0.15, -0.1) is 24.0 Å². The number of esters is 1. The second-order valence-corrected chi connectivity index (χ2v) is 6.60. The number of halogens is 1. The highest BCUT2D eigenvalue weighted by atomic mass is 127. The number of methoxy groups -OCH3 is 1. The van der Waals surface area contributed by atoms with Crippen LogP contribution < -0.4 is 5.32 Å². The second kappa shape index (κ2) is 11.4. The van der Waals surface area contributed by atoms with Gasteiger partial charge in [0.05, 0.1) is 19.3 Å². The highest BCUT2D eigenvalue weighted by molar-refractivity contribution is 14.0. The molecule has 0 unspecified atom stereocenters. The van der Waals surface area contributed by atoms with Crippen molar-refractivity contribution in [3.8, 4) is 0 Å². The van der Waals surface area contributed by atoms with Gasteiger partial charge in [0.1, 0.15) is 5.76 Å². The van der Waals surface area contributed by atoms with Gasteiger partial charge < -0.3 is 19.4 Å². The van der Waals surface area contributed by atoms with Crippen LogP contribution in [0.5, 0.6) is 0 Å². The smallest absolute Gasteiger partial charge is 0.308 e. The maximum atomic E-state index is 11.7. The number of hydrogen-bond donors (Lipinski definition) is 1. The Kier molecular flexibility index (Phi) is 9.92. The van der Waals surface area contributed by atoms with E-state index < -0.39 is 0 Å². The summed E-state index contributed by atoms with van der Waals surface area (Å²) in [5.74, 6) is 2.33. The molecule has 0 saturated carbocycles. The zero-order valence-electron chi connectivity index (χ0n) is 15.4. The number of piperidine rings is 1. The van der Waals surface area contributed by atoms with Crippen LogP contribution in [0.25, 0.3) is 0 Å². The van der Waals surface area contributed by atoms with Crippen molar-refractivity contribution < 1.29 is 13.9 Å². The van der Waals surface area contributed by atoms with E-state index in [1.165, 1.54) is 7.11 Å². The number of rotatable bonds is 6. The fourth-order valence-electron chi connectivity index (χ4n) is 2.78. The van der Waals surface area contributed by atoms with E-state index in [1.807, 2.05) is 12.1 Å². The molecule has 0 bridgehead atoms. The van der Waals surface area contributed by atoms with Gasteiger partial charge in [0, 0.05) is 32.6 Å². The molecule has 0 aliphatic carbocycles. The normalized spacial score (nSPS) is 15.8. The van der Waals surface area contributed by atoms with Crippen LogP contribution in [0.4, 0.5) is 0 Å². The number of furan rings is 1. The number of carbonyl (C=O) groups excluding carboxylic acids is 1. The van der Waals surface area contributed by atoms with Gasteiger partial charge in [0.15, 0.2) is 5.96 Å². The summed E-state index contributed by atoms with van der Waals surface area (Å²) in [6, 6.07) is 3.88. The van der Waals surface area contributed by atoms with Crippen molar-refractivity contribution in [3.63, 3.8) is 0 Å². The molecule has 1 aliphatic rings. The first-order chi connectivity index (χ1) is 11.6. The first kappa shape index (κ1) is 21.8. The van der Waals surface area contributed by atoms with E-state index in [4.69, 9.17) is 14.1 Å². The van der Waals surface area contributed by atoms with Crippen LogP contribution in [-0.2, 0) is 16.0 Å². The lowest BCUT2D eigenvalue weighted by atomic mass is 9.97. The first-order valence-corrected chi connectivity index (χ1v) is 8.73. The van der Waals surface area contributed by atoms with E-state index in [0.717, 1.165) is 57.2 Å². The average Bonchev–Trinajstić information content (AvgIpc) is 3.10. The number of nitrogens with one attached hydrogen (secondary N) is 1. The Balaban J connectivity index is 0.00000312. The summed E-state index contributed by atoms with van der Waals surface area (Å²) < 4.78 is 10.2. The van der Waals surface area contributed by atoms with Crippen molar-refractivity contribution in [1.29, 1.82) is 0 Å². The summed E-state index contributed by atoms with van der Waals surface area (Å²) >= 11 is 0. The van der Waals surface area contributed by atoms with Gasteiger partial charge in [-0.1, -0.05) is 13.8 Å². The molecule has 1 aromatic rings. The quantitative estimate of drug-likeness (QED) is 0.304. The zero-order chi connectivity index (χ0) is 17.4.